The Hall–Kier alpha value is -13.2. The number of nitrogens with one attached hydrogen (secondary N) is 10. The molecule has 10 rings (SSSR count). The fourth-order valence-electron chi connectivity index (χ4n) is 19.2. The monoisotopic (exact) mass is 2040 g/mol. The number of rotatable bonds is 28. The van der Waals surface area contributed by atoms with Crippen molar-refractivity contribution in [2.24, 2.45) is 28.3 Å². The van der Waals surface area contributed by atoms with Gasteiger partial charge in [0.25, 0.3) is 5.91 Å². The number of hydrogen-bond acceptors (Lipinski definition) is 25. The number of Topliss-reactive ketones (excluding diaryl/α,β-unsaturated/α-hetero) is 1. The second-order valence-electron chi connectivity index (χ2n) is 38.6. The number of aliphatic hydroxyl groups is 1. The molecule has 0 spiro atoms. The third kappa shape index (κ3) is 30.5. The maximum atomic E-state index is 16.1. The average molecular weight is 2040 g/mol. The molecule has 0 bridgehead atoms. The van der Waals surface area contributed by atoms with Crippen LogP contribution in [0, 0.1) is 11.8 Å². The summed E-state index contributed by atoms with van der Waals surface area (Å²) in [7, 11) is 0.0580. The van der Waals surface area contributed by atoms with E-state index in [-0.39, 0.29) is 96.2 Å². The Morgan fingerprint density at radius 3 is 1.82 bits per heavy atom. The van der Waals surface area contributed by atoms with E-state index in [0.29, 0.717) is 88.3 Å². The molecule has 0 saturated carbocycles. The van der Waals surface area contributed by atoms with E-state index < -0.39 is 269 Å². The van der Waals surface area contributed by atoms with Crippen LogP contribution in [0.1, 0.15) is 187 Å². The number of para-hydroxylation sites is 2. The molecule has 15 amide bonds. The first kappa shape index (κ1) is 113. The lowest BCUT2D eigenvalue weighted by atomic mass is 9.90. The number of nitrogens with zero attached hydrogens (tertiary/aromatic N) is 7. The third-order valence-corrected chi connectivity index (χ3v) is 28.8. The summed E-state index contributed by atoms with van der Waals surface area (Å²) in [6.45, 7) is 8.60. The number of primary amides is 1. The summed E-state index contributed by atoms with van der Waals surface area (Å²) in [5, 5.41) is 55.1. The van der Waals surface area contributed by atoms with Crippen molar-refractivity contribution >= 4 is 156 Å². The third-order valence-electron chi connectivity index (χ3n) is 26.8. The average Bonchev–Trinajstić information content (AvgIpc) is 1.63. The number of ether oxygens (including phenoxy) is 1. The highest BCUT2D eigenvalue weighted by atomic mass is 32.2. The van der Waals surface area contributed by atoms with Crippen molar-refractivity contribution in [1.82, 2.24) is 81.3 Å². The van der Waals surface area contributed by atoms with E-state index in [2.05, 4.69) is 52.5 Å². The lowest BCUT2D eigenvalue weighted by molar-refractivity contribution is -0.149. The van der Waals surface area contributed by atoms with Gasteiger partial charge in [0.2, 0.25) is 92.7 Å². The van der Waals surface area contributed by atoms with Crippen molar-refractivity contribution in [3.63, 3.8) is 0 Å². The number of amides is 15. The van der Waals surface area contributed by atoms with E-state index >= 15 is 62.3 Å². The predicted molar refractivity (Wildman–Crippen MR) is 532 cm³/mol. The van der Waals surface area contributed by atoms with Gasteiger partial charge in [0, 0.05) is 130 Å². The zero-order chi connectivity index (χ0) is 105. The number of aromatic nitrogens is 2. The van der Waals surface area contributed by atoms with Gasteiger partial charge in [-0.1, -0.05) is 102 Å². The molecule has 0 aliphatic carbocycles. The van der Waals surface area contributed by atoms with Gasteiger partial charge in [-0.2, -0.15) is 0 Å². The molecule has 144 heavy (non-hydrogen) atoms. The number of likely N-dealkylation sites (N-methyl/N-ethyl adjacent to an activating group) is 2. The number of carboxylic acids is 2. The molecule has 7 heterocycles. The van der Waals surface area contributed by atoms with Gasteiger partial charge in [0.1, 0.15) is 84.8 Å². The SMILES string of the molecule is CCCC[C@H]1C(=O)N(C)[C@@H](CCCC)C(=O)N[C@@H](CC(C)C)C(=O)N[C@H](C(N)=O)C(C)(C)SCC(=O)N[C@@H](Cc2ccc(OC)cc2)C(=O)N2CCCC[C@H]2C(=O)N[C@@H](CC(=O)O)C(=O)N2CCC[C@H]2C(=O)N[C@@H](CC2=CN=CC2)C(=O)N[C@@H](CCC(=O)O)C(=O)N2C[C@H](O)C[C@H]2C(=O)C[C@@H](Cc2c[nH]c3ccccc23)C(=O)N[C@@H](CCN)C(=O)N[C@@H](Cc2cn(CC(=O)NS(C)(=O)=O)c3ccccc23)C(=O)N1C. The first-order valence-electron chi connectivity index (χ1n) is 48.9. The van der Waals surface area contributed by atoms with Gasteiger partial charge in [-0.3, -0.25) is 96.0 Å². The summed E-state index contributed by atoms with van der Waals surface area (Å²) >= 11 is 0.864. The van der Waals surface area contributed by atoms with Gasteiger partial charge in [0.05, 0.1) is 37.7 Å². The summed E-state index contributed by atoms with van der Waals surface area (Å²) in [5.74, 6) is -19.7. The number of methoxy groups -OCH3 is 1. The Labute approximate surface area is 840 Å². The zero-order valence-electron chi connectivity index (χ0n) is 83.0. The summed E-state index contributed by atoms with van der Waals surface area (Å²) < 4.78 is 32.1. The number of carbonyl (C=O) groups excluding carboxylic acids is 16. The molecule has 5 aliphatic heterocycles. The van der Waals surface area contributed by atoms with Crippen LogP contribution in [0.5, 0.6) is 5.75 Å². The lowest BCUT2D eigenvalue weighted by Crippen LogP contribution is -2.62. The number of ketones is 1. The number of carbonyl (C=O) groups is 18. The molecule has 5 aliphatic rings. The van der Waals surface area contributed by atoms with Gasteiger partial charge in [0.15, 0.2) is 5.78 Å². The number of thioether (sulfide) groups is 1. The summed E-state index contributed by atoms with van der Waals surface area (Å²) in [6, 6.07) is -0.324. The van der Waals surface area contributed by atoms with Gasteiger partial charge in [-0.25, -0.2) is 8.42 Å². The molecule has 15 atom stereocenters. The van der Waals surface area contributed by atoms with Crippen molar-refractivity contribution in [1.29, 1.82) is 0 Å². The molecule has 17 N–H and O–H groups in total. The standard InChI is InChI=1S/C99H137N19O24S2/c1-11-13-25-75-91(132)107-69(42-56(3)4)90(131)111-85(86(101)127)99(5,6)143-55-82(122)104-71(43-57-30-32-63(142-9)33-31-57)96(137)116-40-20-19-28-76(116)93(134)110-73(49-84(125)126)97(138)117-41-21-29-77(117)92(133)108-70(44-58-37-39-102-50-58)89(130)106-68(34-35-83(123)124)95(136)118-53-62(119)48-79(118)80(120)47-59(45-60-51-103-66-24-17-15-22-64(60)66)87(128)105-67(36-38-100)88(129)109-72(94(135)114(8)78(26-14-12-2)98(139)113(75)7)46-61-52-115(54-81(121)112-144(10,140)141)74-27-18-16-23-65(61)74/h15-18,22-24,27,30-33,39,50-52,56,59,62,67-73,75-79,85,103,119H,11-14,19-21,25-26,28-29,34-38,40-49,53-55,100H2,1-10H3,(H2,101,127)(H,104,122)(H,105,128)(H,106,130)(H,107,132)(H,108,133)(H,109,129)(H,110,134)(H,111,131)(H,112,121)(H,123,124)(H,125,126)/t59-,62-,67+,68+,69+,70+,71+,72+,73+,75+,76+,77+,78+,79+,85-/m1/s1. The van der Waals surface area contributed by atoms with E-state index in [4.69, 9.17) is 16.2 Å². The number of H-pyrrole nitrogens is 1. The van der Waals surface area contributed by atoms with Crippen molar-refractivity contribution in [2.75, 3.05) is 59.4 Å². The number of aliphatic imine (C=N–C) groups is 1. The van der Waals surface area contributed by atoms with Gasteiger partial charge in [-0.15, -0.1) is 11.8 Å². The predicted octanol–water partition coefficient (Wildman–Crippen LogP) is 1.55. The van der Waals surface area contributed by atoms with Crippen LogP contribution in [0.2, 0.25) is 0 Å². The number of sulfonamides is 1. The minimum absolute atomic E-state index is 0.000293. The molecular formula is C99H137N19O24S2. The number of carboxylic acid groups (broad SMARTS) is 2. The van der Waals surface area contributed by atoms with Crippen LogP contribution in [0.3, 0.4) is 0 Å². The number of benzene rings is 3. The van der Waals surface area contributed by atoms with Crippen LogP contribution in [0.15, 0.2) is 102 Å². The number of unbranched alkanes of at least 4 members (excludes halogenated alkanes) is 2. The molecule has 4 saturated heterocycles. The maximum Gasteiger partial charge on any atom is 0.305 e. The van der Waals surface area contributed by atoms with Crippen molar-refractivity contribution < 1.29 is 115 Å². The highest BCUT2D eigenvalue weighted by Crippen LogP contribution is 2.34. The first-order valence-corrected chi connectivity index (χ1v) is 51.8. The number of fused-ring (bicyclic) bond motifs is 5. The van der Waals surface area contributed by atoms with Crippen molar-refractivity contribution in [2.45, 2.75) is 285 Å². The number of piperidine rings is 1. The maximum absolute atomic E-state index is 16.1. The largest absolute Gasteiger partial charge is 0.497 e. The summed E-state index contributed by atoms with van der Waals surface area (Å²) in [5.41, 5.74) is 15.2. The van der Waals surface area contributed by atoms with Crippen LogP contribution in [0.25, 0.3) is 21.8 Å². The molecule has 0 radical (unpaired) electrons. The topological polar surface area (TPSA) is 621 Å². The number of aromatic amines is 1. The molecule has 3 aromatic carbocycles. The highest BCUT2D eigenvalue weighted by molar-refractivity contribution is 8.01. The molecule has 0 unspecified atom stereocenters. The highest BCUT2D eigenvalue weighted by Gasteiger charge is 2.49. The van der Waals surface area contributed by atoms with E-state index in [1.807, 2.05) is 18.6 Å². The van der Waals surface area contributed by atoms with Crippen LogP contribution >= 0.6 is 11.8 Å². The zero-order valence-corrected chi connectivity index (χ0v) is 84.6. The second kappa shape index (κ2) is 51.9. The van der Waals surface area contributed by atoms with E-state index in [1.54, 1.807) is 92.8 Å². The Kier molecular flexibility index (Phi) is 40.6. The fourth-order valence-corrected chi connectivity index (χ4v) is 20.6. The Bertz CT molecular complexity index is 5730. The lowest BCUT2D eigenvalue weighted by Gasteiger charge is -2.38. The Balaban J connectivity index is 1.05. The molecule has 784 valence electrons. The Morgan fingerprint density at radius 2 is 1.19 bits per heavy atom. The van der Waals surface area contributed by atoms with Gasteiger partial charge < -0.3 is 108 Å². The summed E-state index contributed by atoms with van der Waals surface area (Å²) in [4.78, 5) is 281. The fraction of sp³-hybridized carbons (Fsp3) is 0.566. The number of aliphatic carboxylic acids is 2. The van der Waals surface area contributed by atoms with Crippen LogP contribution < -0.4 is 63.5 Å². The quantitative estimate of drug-likeness (QED) is 0.0338. The molecule has 4 fully saturated rings. The van der Waals surface area contributed by atoms with E-state index in [1.165, 1.54) is 68.0 Å². The van der Waals surface area contributed by atoms with Crippen LogP contribution in [0.4, 0.5) is 0 Å². The molecule has 2 aromatic heterocycles. The van der Waals surface area contributed by atoms with Crippen LogP contribution in [-0.2, 0) is 122 Å². The summed E-state index contributed by atoms with van der Waals surface area (Å²) in [6.07, 6.45) is 2.68. The van der Waals surface area contributed by atoms with Crippen molar-refractivity contribution in [3.8, 4) is 5.75 Å². The molecule has 5 aromatic rings. The number of hydrogen-bond donors (Lipinski definition) is 15. The minimum Gasteiger partial charge on any atom is -0.497 e. The minimum atomic E-state index is -4.08. The first-order chi connectivity index (χ1) is 68.3. The second-order valence-corrected chi connectivity index (χ2v) is 42.0. The van der Waals surface area contributed by atoms with E-state index in [0.717, 1.165) is 32.7 Å². The Morgan fingerprint density at radius 1 is 0.604 bits per heavy atom. The number of nitrogens with two attached hydrogens (primary N) is 2. The molecule has 43 nitrogen and oxygen atoms in total. The number of aliphatic hydroxyl groups excluding tert-OH is 1. The molecular weight excluding hydrogens is 1900 g/mol. The van der Waals surface area contributed by atoms with Crippen LogP contribution in [-0.4, -0.2) is 319 Å². The smallest absolute Gasteiger partial charge is 0.305 e. The van der Waals surface area contributed by atoms with Gasteiger partial charge >= 0.3 is 11.9 Å². The van der Waals surface area contributed by atoms with E-state index in [9.17, 15) is 47.7 Å². The van der Waals surface area contributed by atoms with Crippen molar-refractivity contribution in [3.05, 3.63) is 114 Å². The molecule has 45 heteroatoms. The normalized spacial score (nSPS) is 25.4. The van der Waals surface area contributed by atoms with Gasteiger partial charge in [-0.05, 0) is 150 Å².